The highest BCUT2D eigenvalue weighted by molar-refractivity contribution is 5.30. The second-order valence-corrected chi connectivity index (χ2v) is 3.79. The van der Waals surface area contributed by atoms with Gasteiger partial charge < -0.3 is 9.47 Å². The third-order valence-corrected chi connectivity index (χ3v) is 2.42. The number of ether oxygens (including phenoxy) is 2. The van der Waals surface area contributed by atoms with Gasteiger partial charge in [0.1, 0.15) is 12.0 Å². The zero-order valence-electron chi connectivity index (χ0n) is 9.19. The molecule has 1 aliphatic heterocycles. The van der Waals surface area contributed by atoms with E-state index in [2.05, 4.69) is 18.3 Å². The number of hydrogen-bond acceptors (Lipinski definition) is 3. The van der Waals surface area contributed by atoms with Crippen LogP contribution in [-0.4, -0.2) is 19.3 Å². The maximum atomic E-state index is 5.62. The van der Waals surface area contributed by atoms with E-state index in [9.17, 15) is 0 Å². The van der Waals surface area contributed by atoms with Crippen molar-refractivity contribution in [2.45, 2.75) is 26.1 Å². The summed E-state index contributed by atoms with van der Waals surface area (Å²) in [6, 6.07) is 8.46. The molecule has 1 fully saturated rings. The monoisotopic (exact) mass is 207 g/mol. The first-order valence-corrected chi connectivity index (χ1v) is 5.40. The van der Waals surface area contributed by atoms with Crippen LogP contribution in [0.15, 0.2) is 24.3 Å². The Bertz CT molecular complexity index is 327. The summed E-state index contributed by atoms with van der Waals surface area (Å²) in [6.45, 7) is 5.56. The summed E-state index contributed by atoms with van der Waals surface area (Å²) in [5, 5.41) is 3.36. The first-order chi connectivity index (χ1) is 7.29. The van der Waals surface area contributed by atoms with Gasteiger partial charge in [0.25, 0.3) is 0 Å². The molecule has 0 spiro atoms. The van der Waals surface area contributed by atoms with Gasteiger partial charge in [0.2, 0.25) is 0 Å². The number of rotatable bonds is 3. The Morgan fingerprint density at radius 1 is 1.53 bits per heavy atom. The maximum absolute atomic E-state index is 5.62. The van der Waals surface area contributed by atoms with Crippen molar-refractivity contribution in [1.82, 2.24) is 5.32 Å². The summed E-state index contributed by atoms with van der Waals surface area (Å²) in [6.07, 6.45) is 0.0143. The van der Waals surface area contributed by atoms with Gasteiger partial charge in [-0.05, 0) is 31.5 Å². The van der Waals surface area contributed by atoms with Crippen molar-refractivity contribution < 1.29 is 9.47 Å². The van der Waals surface area contributed by atoms with Crippen molar-refractivity contribution in [3.8, 4) is 5.75 Å². The molecule has 1 N–H and O–H groups in total. The summed E-state index contributed by atoms with van der Waals surface area (Å²) in [4.78, 5) is 0. The third-order valence-electron chi connectivity index (χ3n) is 2.42. The normalized spacial score (nSPS) is 25.5. The lowest BCUT2D eigenvalue weighted by Crippen LogP contribution is -2.22. The van der Waals surface area contributed by atoms with Crippen LogP contribution in [0.5, 0.6) is 5.75 Å². The summed E-state index contributed by atoms with van der Waals surface area (Å²) < 4.78 is 11.1. The van der Waals surface area contributed by atoms with Crippen LogP contribution in [0.3, 0.4) is 0 Å². The van der Waals surface area contributed by atoms with Crippen LogP contribution in [0, 0.1) is 0 Å². The van der Waals surface area contributed by atoms with Gasteiger partial charge >= 0.3 is 0 Å². The molecule has 15 heavy (non-hydrogen) atoms. The molecule has 0 amide bonds. The van der Waals surface area contributed by atoms with Crippen LogP contribution in [-0.2, 0) is 4.74 Å². The van der Waals surface area contributed by atoms with Gasteiger partial charge in [-0.2, -0.15) is 0 Å². The molecule has 1 saturated heterocycles. The van der Waals surface area contributed by atoms with Gasteiger partial charge in [-0.1, -0.05) is 12.1 Å². The highest BCUT2D eigenvalue weighted by Gasteiger charge is 2.22. The molecule has 3 heteroatoms. The Morgan fingerprint density at radius 2 is 2.40 bits per heavy atom. The van der Waals surface area contributed by atoms with Crippen molar-refractivity contribution in [1.29, 1.82) is 0 Å². The minimum atomic E-state index is 0.0143. The minimum Gasteiger partial charge on any atom is -0.494 e. The Kier molecular flexibility index (Phi) is 3.23. The van der Waals surface area contributed by atoms with E-state index in [1.54, 1.807) is 0 Å². The van der Waals surface area contributed by atoms with Crippen molar-refractivity contribution in [2.75, 3.05) is 13.2 Å². The summed E-state index contributed by atoms with van der Waals surface area (Å²) in [5.74, 6) is 0.903. The van der Waals surface area contributed by atoms with Gasteiger partial charge in [0, 0.05) is 6.04 Å². The second-order valence-electron chi connectivity index (χ2n) is 3.79. The first kappa shape index (κ1) is 10.5. The average Bonchev–Trinajstić information content (AvgIpc) is 2.66. The predicted octanol–water partition coefficient (Wildman–Crippen LogP) is 2.09. The van der Waals surface area contributed by atoms with Crippen LogP contribution >= 0.6 is 0 Å². The molecule has 1 aromatic rings. The molecule has 0 aromatic heterocycles. The van der Waals surface area contributed by atoms with Gasteiger partial charge in [-0.3, -0.25) is 5.32 Å². The van der Waals surface area contributed by atoms with Gasteiger partial charge in [0.05, 0.1) is 13.2 Å². The summed E-state index contributed by atoms with van der Waals surface area (Å²) >= 11 is 0. The lowest BCUT2D eigenvalue weighted by molar-refractivity contribution is 0.101. The summed E-state index contributed by atoms with van der Waals surface area (Å²) in [7, 11) is 0. The topological polar surface area (TPSA) is 30.5 Å². The van der Waals surface area contributed by atoms with Crippen LogP contribution in [0.2, 0.25) is 0 Å². The molecule has 1 heterocycles. The molecular weight excluding hydrogens is 190 g/mol. The SMILES string of the molecule is CCOc1cccc(C2NC(C)CO2)c1. The van der Waals surface area contributed by atoms with Crippen molar-refractivity contribution in [3.63, 3.8) is 0 Å². The molecular formula is C12H17NO2. The lowest BCUT2D eigenvalue weighted by Gasteiger charge is -2.12. The van der Waals surface area contributed by atoms with E-state index in [1.807, 2.05) is 25.1 Å². The van der Waals surface area contributed by atoms with Crippen molar-refractivity contribution >= 4 is 0 Å². The fourth-order valence-corrected chi connectivity index (χ4v) is 1.72. The highest BCUT2D eigenvalue weighted by Crippen LogP contribution is 2.23. The van der Waals surface area contributed by atoms with Crippen LogP contribution in [0.1, 0.15) is 25.6 Å². The Labute approximate surface area is 90.4 Å². The predicted molar refractivity (Wildman–Crippen MR) is 58.9 cm³/mol. The number of benzene rings is 1. The molecule has 0 radical (unpaired) electrons. The Morgan fingerprint density at radius 3 is 3.07 bits per heavy atom. The largest absolute Gasteiger partial charge is 0.494 e. The zero-order valence-corrected chi connectivity index (χ0v) is 9.19. The first-order valence-electron chi connectivity index (χ1n) is 5.40. The molecule has 0 bridgehead atoms. The molecule has 0 aliphatic carbocycles. The maximum Gasteiger partial charge on any atom is 0.134 e. The molecule has 2 rings (SSSR count). The third kappa shape index (κ3) is 2.49. The molecule has 82 valence electrons. The van der Waals surface area contributed by atoms with E-state index in [0.29, 0.717) is 12.6 Å². The Hall–Kier alpha value is -1.06. The fourth-order valence-electron chi connectivity index (χ4n) is 1.72. The quantitative estimate of drug-likeness (QED) is 0.823. The minimum absolute atomic E-state index is 0.0143. The molecule has 1 aromatic carbocycles. The Balaban J connectivity index is 2.10. The van der Waals surface area contributed by atoms with E-state index in [-0.39, 0.29) is 6.23 Å². The van der Waals surface area contributed by atoms with Crippen LogP contribution < -0.4 is 10.1 Å². The van der Waals surface area contributed by atoms with Crippen molar-refractivity contribution in [2.24, 2.45) is 0 Å². The van der Waals surface area contributed by atoms with E-state index < -0.39 is 0 Å². The van der Waals surface area contributed by atoms with E-state index >= 15 is 0 Å². The van der Waals surface area contributed by atoms with Gasteiger partial charge in [-0.15, -0.1) is 0 Å². The van der Waals surface area contributed by atoms with E-state index in [1.165, 1.54) is 0 Å². The lowest BCUT2D eigenvalue weighted by atomic mass is 10.2. The standard InChI is InChI=1S/C12H17NO2/c1-3-14-11-6-4-5-10(7-11)12-13-9(2)8-15-12/h4-7,9,12-13H,3,8H2,1-2H3. The molecule has 3 nitrogen and oxygen atoms in total. The average molecular weight is 207 g/mol. The summed E-state index contributed by atoms with van der Waals surface area (Å²) in [5.41, 5.74) is 1.13. The molecule has 2 atom stereocenters. The number of hydrogen-bond donors (Lipinski definition) is 1. The molecule has 2 unspecified atom stereocenters. The second kappa shape index (κ2) is 4.64. The zero-order chi connectivity index (χ0) is 10.7. The fraction of sp³-hybridized carbons (Fsp3) is 0.500. The molecule has 0 saturated carbocycles. The van der Waals surface area contributed by atoms with E-state index in [0.717, 1.165) is 17.9 Å². The van der Waals surface area contributed by atoms with Crippen molar-refractivity contribution in [3.05, 3.63) is 29.8 Å². The van der Waals surface area contributed by atoms with E-state index in [4.69, 9.17) is 9.47 Å². The van der Waals surface area contributed by atoms with Crippen LogP contribution in [0.4, 0.5) is 0 Å². The highest BCUT2D eigenvalue weighted by atomic mass is 16.5. The number of nitrogens with one attached hydrogen (secondary N) is 1. The molecule has 1 aliphatic rings. The van der Waals surface area contributed by atoms with Gasteiger partial charge in [0.15, 0.2) is 0 Å². The van der Waals surface area contributed by atoms with Gasteiger partial charge in [-0.25, -0.2) is 0 Å². The van der Waals surface area contributed by atoms with Crippen LogP contribution in [0.25, 0.3) is 0 Å². The smallest absolute Gasteiger partial charge is 0.134 e.